The van der Waals surface area contributed by atoms with Crippen molar-refractivity contribution < 1.29 is 13.2 Å². The molecule has 0 saturated carbocycles. The van der Waals surface area contributed by atoms with Crippen molar-refractivity contribution in [1.29, 1.82) is 0 Å². The van der Waals surface area contributed by atoms with Crippen molar-refractivity contribution in [3.8, 4) is 0 Å². The zero-order chi connectivity index (χ0) is 24.0. The van der Waals surface area contributed by atoms with E-state index in [1.807, 2.05) is 24.3 Å². The van der Waals surface area contributed by atoms with E-state index in [4.69, 9.17) is 0 Å². The number of piperidine rings is 1. The highest BCUT2D eigenvalue weighted by molar-refractivity contribution is 7.91. The van der Waals surface area contributed by atoms with Gasteiger partial charge in [0.05, 0.1) is 6.54 Å². The molecule has 8 heteroatoms. The number of hydrogen-bond acceptors (Lipinski definition) is 5. The van der Waals surface area contributed by atoms with Crippen LogP contribution in [0.1, 0.15) is 47.0 Å². The van der Waals surface area contributed by atoms with Crippen LogP contribution in [0.25, 0.3) is 0 Å². The summed E-state index contributed by atoms with van der Waals surface area (Å²) in [5.74, 6) is -0.173. The first-order chi connectivity index (χ1) is 16.5. The van der Waals surface area contributed by atoms with Crippen LogP contribution in [0.15, 0.2) is 70.9 Å². The highest BCUT2D eigenvalue weighted by atomic mass is 32.2. The van der Waals surface area contributed by atoms with Crippen molar-refractivity contribution in [2.45, 2.75) is 49.4 Å². The van der Waals surface area contributed by atoms with Crippen LogP contribution < -0.4 is 10.6 Å². The van der Waals surface area contributed by atoms with E-state index in [1.165, 1.54) is 16.9 Å². The summed E-state index contributed by atoms with van der Waals surface area (Å²) in [7, 11) is -3.53. The summed E-state index contributed by atoms with van der Waals surface area (Å²) in [5.41, 5.74) is 3.05. The predicted octanol–water partition coefficient (Wildman–Crippen LogP) is 4.90. The first-order valence-corrected chi connectivity index (χ1v) is 14.0. The minimum Gasteiger partial charge on any atom is -0.382 e. The summed E-state index contributed by atoms with van der Waals surface area (Å²) in [6.45, 7) is 3.46. The van der Waals surface area contributed by atoms with Gasteiger partial charge in [0.2, 0.25) is 0 Å². The molecular weight excluding hydrogens is 466 g/mol. The molecule has 1 aliphatic rings. The average molecular weight is 498 g/mol. The second kappa shape index (κ2) is 11.2. The third-order valence-corrected chi connectivity index (χ3v) is 9.49. The number of para-hydroxylation sites is 1. The van der Waals surface area contributed by atoms with Crippen molar-refractivity contribution in [3.63, 3.8) is 0 Å². The monoisotopic (exact) mass is 497 g/mol. The van der Waals surface area contributed by atoms with Gasteiger partial charge >= 0.3 is 0 Å². The van der Waals surface area contributed by atoms with E-state index in [-0.39, 0.29) is 11.9 Å². The van der Waals surface area contributed by atoms with Crippen molar-refractivity contribution >= 4 is 33.0 Å². The summed E-state index contributed by atoms with van der Waals surface area (Å²) in [6.07, 6.45) is 3.66. The standard InChI is InChI=1S/C26H31N3O3S2/c1-2-8-20-9-6-7-12-24(20)28-22-15-17-29(18-16-22)34(31,32)25-14-13-23(33-25)19-27-26(30)21-10-4-3-5-11-21/h3-7,9-14,22,28H,2,8,15-19H2,1H3,(H,27,30). The van der Waals surface area contributed by atoms with Crippen molar-refractivity contribution in [2.24, 2.45) is 0 Å². The van der Waals surface area contributed by atoms with Gasteiger partial charge in [0, 0.05) is 35.3 Å². The molecule has 0 spiro atoms. The third kappa shape index (κ3) is 5.87. The fourth-order valence-electron chi connectivity index (χ4n) is 4.19. The summed E-state index contributed by atoms with van der Waals surface area (Å²) in [6, 6.07) is 21.0. The topological polar surface area (TPSA) is 78.5 Å². The molecular formula is C26H31N3O3S2. The molecule has 2 N–H and O–H groups in total. The van der Waals surface area contributed by atoms with Gasteiger partial charge in [-0.25, -0.2) is 8.42 Å². The SMILES string of the molecule is CCCc1ccccc1NC1CCN(S(=O)(=O)c2ccc(CNC(=O)c3ccccc3)s2)CC1. The van der Waals surface area contributed by atoms with Crippen molar-refractivity contribution in [3.05, 3.63) is 82.7 Å². The normalized spacial score (nSPS) is 15.2. The minimum atomic E-state index is -3.53. The molecule has 0 unspecified atom stereocenters. The van der Waals surface area contributed by atoms with Crippen LogP contribution in [0.2, 0.25) is 0 Å². The Morgan fingerprint density at radius 1 is 1.00 bits per heavy atom. The molecule has 0 atom stereocenters. The zero-order valence-electron chi connectivity index (χ0n) is 19.4. The van der Waals surface area contributed by atoms with Gasteiger partial charge < -0.3 is 10.6 Å². The van der Waals surface area contributed by atoms with Crippen molar-refractivity contribution in [2.75, 3.05) is 18.4 Å². The summed E-state index contributed by atoms with van der Waals surface area (Å²) in [5, 5.41) is 6.49. The van der Waals surface area contributed by atoms with E-state index >= 15 is 0 Å². The second-order valence-electron chi connectivity index (χ2n) is 8.50. The lowest BCUT2D eigenvalue weighted by Crippen LogP contribution is -2.42. The molecule has 6 nitrogen and oxygen atoms in total. The van der Waals surface area contributed by atoms with E-state index in [2.05, 4.69) is 35.8 Å². The van der Waals surface area contributed by atoms with Gasteiger partial charge in [-0.2, -0.15) is 4.31 Å². The Labute approximate surface area is 206 Å². The lowest BCUT2D eigenvalue weighted by Gasteiger charge is -2.32. The van der Waals surface area contributed by atoms with E-state index in [1.54, 1.807) is 28.6 Å². The average Bonchev–Trinajstić information content (AvgIpc) is 3.35. The van der Waals surface area contributed by atoms with E-state index in [0.717, 1.165) is 36.2 Å². The molecule has 0 radical (unpaired) electrons. The Morgan fingerprint density at radius 2 is 1.71 bits per heavy atom. The molecule has 1 aromatic heterocycles. The van der Waals surface area contributed by atoms with Gasteiger partial charge in [-0.1, -0.05) is 49.7 Å². The molecule has 1 saturated heterocycles. The molecule has 2 aromatic carbocycles. The van der Waals surface area contributed by atoms with Crippen molar-refractivity contribution in [1.82, 2.24) is 9.62 Å². The number of carbonyl (C=O) groups is 1. The zero-order valence-corrected chi connectivity index (χ0v) is 21.0. The number of thiophene rings is 1. The molecule has 2 heterocycles. The van der Waals surface area contributed by atoms with Gasteiger partial charge in [-0.05, 0) is 55.2 Å². The second-order valence-corrected chi connectivity index (χ2v) is 11.8. The van der Waals surface area contributed by atoms with Crippen LogP contribution in [0.4, 0.5) is 5.69 Å². The first kappa shape index (κ1) is 24.4. The maximum Gasteiger partial charge on any atom is 0.252 e. The van der Waals surface area contributed by atoms with Gasteiger partial charge in [-0.15, -0.1) is 11.3 Å². The Balaban J connectivity index is 1.32. The van der Waals surface area contributed by atoms with E-state index in [0.29, 0.717) is 29.4 Å². The fraction of sp³-hybridized carbons (Fsp3) is 0.346. The number of aryl methyl sites for hydroxylation is 1. The molecule has 0 aliphatic carbocycles. The number of carbonyl (C=O) groups excluding carboxylic acids is 1. The van der Waals surface area contributed by atoms with Crippen LogP contribution in [0.5, 0.6) is 0 Å². The smallest absolute Gasteiger partial charge is 0.252 e. The Morgan fingerprint density at radius 3 is 2.44 bits per heavy atom. The summed E-state index contributed by atoms with van der Waals surface area (Å²) >= 11 is 1.22. The van der Waals surface area contributed by atoms with Gasteiger partial charge in [0.15, 0.2) is 0 Å². The predicted molar refractivity (Wildman–Crippen MR) is 138 cm³/mol. The van der Waals surface area contributed by atoms with Crippen LogP contribution in [-0.2, 0) is 23.0 Å². The Hall–Kier alpha value is -2.68. The lowest BCUT2D eigenvalue weighted by atomic mass is 10.0. The molecule has 4 rings (SSSR count). The Bertz CT molecular complexity index is 1200. The van der Waals surface area contributed by atoms with Gasteiger partial charge in [0.1, 0.15) is 4.21 Å². The number of anilines is 1. The van der Waals surface area contributed by atoms with Gasteiger partial charge in [0.25, 0.3) is 15.9 Å². The summed E-state index contributed by atoms with van der Waals surface area (Å²) in [4.78, 5) is 13.1. The van der Waals surface area contributed by atoms with Crippen LogP contribution in [-0.4, -0.2) is 37.8 Å². The van der Waals surface area contributed by atoms with E-state index < -0.39 is 10.0 Å². The quantitative estimate of drug-likeness (QED) is 0.441. The molecule has 1 fully saturated rings. The number of benzene rings is 2. The highest BCUT2D eigenvalue weighted by Gasteiger charge is 2.30. The van der Waals surface area contributed by atoms with Crippen LogP contribution in [0, 0.1) is 0 Å². The number of nitrogens with zero attached hydrogens (tertiary/aromatic N) is 1. The molecule has 34 heavy (non-hydrogen) atoms. The largest absolute Gasteiger partial charge is 0.382 e. The number of sulfonamides is 1. The molecule has 1 aliphatic heterocycles. The molecule has 180 valence electrons. The van der Waals surface area contributed by atoms with Gasteiger partial charge in [-0.3, -0.25) is 4.79 Å². The first-order valence-electron chi connectivity index (χ1n) is 11.7. The fourth-order valence-corrected chi connectivity index (χ4v) is 7.11. The Kier molecular flexibility index (Phi) is 8.03. The lowest BCUT2D eigenvalue weighted by molar-refractivity contribution is 0.0951. The van der Waals surface area contributed by atoms with Crippen LogP contribution >= 0.6 is 11.3 Å². The number of amides is 1. The maximum absolute atomic E-state index is 13.2. The van der Waals surface area contributed by atoms with Crippen LogP contribution in [0.3, 0.4) is 0 Å². The molecule has 1 amide bonds. The minimum absolute atomic E-state index is 0.173. The number of nitrogens with one attached hydrogen (secondary N) is 2. The number of rotatable bonds is 9. The third-order valence-electron chi connectivity index (χ3n) is 6.04. The highest BCUT2D eigenvalue weighted by Crippen LogP contribution is 2.28. The molecule has 0 bridgehead atoms. The number of hydrogen-bond donors (Lipinski definition) is 2. The summed E-state index contributed by atoms with van der Waals surface area (Å²) < 4.78 is 28.3. The maximum atomic E-state index is 13.2. The van der Waals surface area contributed by atoms with E-state index in [9.17, 15) is 13.2 Å². The molecule has 3 aromatic rings.